The van der Waals surface area contributed by atoms with E-state index in [0.29, 0.717) is 28.4 Å². The van der Waals surface area contributed by atoms with Crippen LogP contribution in [-0.4, -0.2) is 13.1 Å². The number of ether oxygens (including phenoxy) is 2. The summed E-state index contributed by atoms with van der Waals surface area (Å²) in [5, 5.41) is 0. The topological polar surface area (TPSA) is 87.6 Å². The number of anilines is 2. The summed E-state index contributed by atoms with van der Waals surface area (Å²) in [7, 11) is 1.48. The van der Waals surface area contributed by atoms with Gasteiger partial charge in [-0.1, -0.05) is 0 Å². The van der Waals surface area contributed by atoms with Gasteiger partial charge in [-0.05, 0) is 36.4 Å². The zero-order valence-corrected chi connectivity index (χ0v) is 10.4. The minimum atomic E-state index is -0.483. The van der Waals surface area contributed by atoms with Crippen LogP contribution in [0, 0.1) is 0 Å². The van der Waals surface area contributed by atoms with E-state index >= 15 is 0 Å². The number of hydrogen-bond donors (Lipinski definition) is 2. The average Bonchev–Trinajstić information content (AvgIpc) is 2.41. The van der Waals surface area contributed by atoms with E-state index in [1.165, 1.54) is 7.11 Å². The lowest BCUT2D eigenvalue weighted by Crippen LogP contribution is -2.09. The zero-order chi connectivity index (χ0) is 13.8. The van der Waals surface area contributed by atoms with Crippen molar-refractivity contribution in [2.75, 3.05) is 18.6 Å². The van der Waals surface area contributed by atoms with Crippen molar-refractivity contribution in [3.8, 4) is 11.5 Å². The van der Waals surface area contributed by atoms with Crippen LogP contribution in [0.3, 0.4) is 0 Å². The third-order valence-corrected chi connectivity index (χ3v) is 2.54. The van der Waals surface area contributed by atoms with Gasteiger partial charge in [0.15, 0.2) is 11.5 Å². The molecule has 0 amide bonds. The van der Waals surface area contributed by atoms with Gasteiger partial charge in [-0.25, -0.2) is 4.79 Å². The zero-order valence-electron chi connectivity index (χ0n) is 10.4. The molecule has 2 rings (SSSR count). The van der Waals surface area contributed by atoms with Gasteiger partial charge in [0.25, 0.3) is 0 Å². The Morgan fingerprint density at radius 2 is 1.58 bits per heavy atom. The second-order valence-electron chi connectivity index (χ2n) is 3.92. The Kier molecular flexibility index (Phi) is 3.56. The molecule has 0 aromatic heterocycles. The molecule has 0 saturated carbocycles. The maximum atomic E-state index is 11.9. The van der Waals surface area contributed by atoms with E-state index < -0.39 is 5.97 Å². The van der Waals surface area contributed by atoms with E-state index in [1.54, 1.807) is 42.5 Å². The second-order valence-corrected chi connectivity index (χ2v) is 3.92. The monoisotopic (exact) mass is 258 g/mol. The Labute approximate surface area is 110 Å². The van der Waals surface area contributed by atoms with Gasteiger partial charge in [0.1, 0.15) is 0 Å². The first-order chi connectivity index (χ1) is 9.10. The number of esters is 1. The summed E-state index contributed by atoms with van der Waals surface area (Å²) in [5.41, 5.74) is 12.7. The predicted molar refractivity (Wildman–Crippen MR) is 73.2 cm³/mol. The second kappa shape index (κ2) is 5.30. The summed E-state index contributed by atoms with van der Waals surface area (Å²) < 4.78 is 10.4. The van der Waals surface area contributed by atoms with Crippen LogP contribution >= 0.6 is 0 Å². The Bertz CT molecular complexity index is 594. The highest BCUT2D eigenvalue weighted by Crippen LogP contribution is 2.29. The Morgan fingerprint density at radius 3 is 2.21 bits per heavy atom. The third kappa shape index (κ3) is 2.95. The molecule has 0 spiro atoms. The molecule has 0 unspecified atom stereocenters. The molecule has 0 aliphatic carbocycles. The summed E-state index contributed by atoms with van der Waals surface area (Å²) in [4.78, 5) is 11.9. The number of benzene rings is 2. The molecule has 2 aromatic carbocycles. The molecule has 0 aliphatic heterocycles. The van der Waals surface area contributed by atoms with Gasteiger partial charge in [-0.15, -0.1) is 0 Å². The molecule has 0 radical (unpaired) electrons. The van der Waals surface area contributed by atoms with E-state index in [4.69, 9.17) is 20.9 Å². The first-order valence-corrected chi connectivity index (χ1v) is 5.61. The average molecular weight is 258 g/mol. The number of hydrogen-bond acceptors (Lipinski definition) is 5. The molecular formula is C14H14N2O3. The van der Waals surface area contributed by atoms with Crippen molar-refractivity contribution >= 4 is 17.3 Å². The van der Waals surface area contributed by atoms with Crippen molar-refractivity contribution in [3.05, 3.63) is 48.0 Å². The quantitative estimate of drug-likeness (QED) is 0.500. The van der Waals surface area contributed by atoms with Crippen LogP contribution in [-0.2, 0) is 0 Å². The highest BCUT2D eigenvalue weighted by molar-refractivity contribution is 5.91. The molecule has 0 atom stereocenters. The van der Waals surface area contributed by atoms with E-state index in [1.807, 2.05) is 0 Å². The lowest BCUT2D eigenvalue weighted by atomic mass is 10.2. The molecule has 98 valence electrons. The van der Waals surface area contributed by atoms with Gasteiger partial charge in [0.05, 0.1) is 12.7 Å². The highest BCUT2D eigenvalue weighted by atomic mass is 16.6. The number of nitrogen functional groups attached to an aromatic ring is 2. The first-order valence-electron chi connectivity index (χ1n) is 5.61. The van der Waals surface area contributed by atoms with E-state index in [0.717, 1.165) is 0 Å². The number of methoxy groups -OCH3 is 1. The van der Waals surface area contributed by atoms with Gasteiger partial charge < -0.3 is 20.9 Å². The maximum Gasteiger partial charge on any atom is 0.343 e. The Balaban J connectivity index is 2.21. The van der Waals surface area contributed by atoms with Gasteiger partial charge in [-0.2, -0.15) is 0 Å². The van der Waals surface area contributed by atoms with Crippen molar-refractivity contribution in [2.24, 2.45) is 0 Å². The Hall–Kier alpha value is -2.69. The molecule has 0 saturated heterocycles. The number of carbonyl (C=O) groups is 1. The molecule has 0 aliphatic rings. The summed E-state index contributed by atoms with van der Waals surface area (Å²) in [5.74, 6) is 0.241. The van der Waals surface area contributed by atoms with Gasteiger partial charge >= 0.3 is 5.97 Å². The third-order valence-electron chi connectivity index (χ3n) is 2.54. The predicted octanol–water partition coefficient (Wildman–Crippen LogP) is 2.08. The fraction of sp³-hybridized carbons (Fsp3) is 0.0714. The Morgan fingerprint density at radius 1 is 0.947 bits per heavy atom. The summed E-state index contributed by atoms with van der Waals surface area (Å²) >= 11 is 0. The summed E-state index contributed by atoms with van der Waals surface area (Å²) in [6.45, 7) is 0. The number of nitrogens with two attached hydrogens (primary N) is 2. The number of rotatable bonds is 3. The fourth-order valence-electron chi connectivity index (χ4n) is 1.55. The SMILES string of the molecule is COc1cc(N)ccc1OC(=O)c1ccc(N)cc1. The van der Waals surface area contributed by atoms with E-state index in [9.17, 15) is 4.79 Å². The van der Waals surface area contributed by atoms with Crippen LogP contribution in [0.25, 0.3) is 0 Å². The lowest BCUT2D eigenvalue weighted by molar-refractivity contribution is 0.0730. The van der Waals surface area contributed by atoms with Crippen LogP contribution in [0.2, 0.25) is 0 Å². The fourth-order valence-corrected chi connectivity index (χ4v) is 1.55. The van der Waals surface area contributed by atoms with Gasteiger partial charge in [0.2, 0.25) is 0 Å². The van der Waals surface area contributed by atoms with Crippen LogP contribution in [0.1, 0.15) is 10.4 Å². The highest BCUT2D eigenvalue weighted by Gasteiger charge is 2.12. The normalized spacial score (nSPS) is 9.95. The van der Waals surface area contributed by atoms with Crippen molar-refractivity contribution in [2.45, 2.75) is 0 Å². The molecule has 0 heterocycles. The maximum absolute atomic E-state index is 11.9. The summed E-state index contributed by atoms with van der Waals surface area (Å²) in [6.07, 6.45) is 0. The minimum Gasteiger partial charge on any atom is -0.493 e. The van der Waals surface area contributed by atoms with Crippen LogP contribution in [0.5, 0.6) is 11.5 Å². The number of carbonyl (C=O) groups excluding carboxylic acids is 1. The van der Waals surface area contributed by atoms with Crippen molar-refractivity contribution in [1.82, 2.24) is 0 Å². The molecule has 19 heavy (non-hydrogen) atoms. The largest absolute Gasteiger partial charge is 0.493 e. The van der Waals surface area contributed by atoms with Crippen LogP contribution in [0.4, 0.5) is 11.4 Å². The van der Waals surface area contributed by atoms with Crippen LogP contribution in [0.15, 0.2) is 42.5 Å². The standard InChI is InChI=1S/C14H14N2O3/c1-18-13-8-11(16)6-7-12(13)19-14(17)9-2-4-10(15)5-3-9/h2-8H,15-16H2,1H3. The molecule has 4 N–H and O–H groups in total. The van der Waals surface area contributed by atoms with E-state index in [-0.39, 0.29) is 0 Å². The molecular weight excluding hydrogens is 244 g/mol. The van der Waals surface area contributed by atoms with Gasteiger partial charge in [0, 0.05) is 17.4 Å². The molecule has 2 aromatic rings. The van der Waals surface area contributed by atoms with Crippen LogP contribution < -0.4 is 20.9 Å². The minimum absolute atomic E-state index is 0.318. The molecule has 5 heteroatoms. The van der Waals surface area contributed by atoms with Crippen molar-refractivity contribution in [3.63, 3.8) is 0 Å². The van der Waals surface area contributed by atoms with Crippen molar-refractivity contribution < 1.29 is 14.3 Å². The van der Waals surface area contributed by atoms with E-state index in [2.05, 4.69) is 0 Å². The van der Waals surface area contributed by atoms with Gasteiger partial charge in [-0.3, -0.25) is 0 Å². The first kappa shape index (κ1) is 12.8. The lowest BCUT2D eigenvalue weighted by Gasteiger charge is -2.09. The molecule has 0 fully saturated rings. The smallest absolute Gasteiger partial charge is 0.343 e. The van der Waals surface area contributed by atoms with Crippen molar-refractivity contribution in [1.29, 1.82) is 0 Å². The molecule has 5 nitrogen and oxygen atoms in total. The molecule has 0 bridgehead atoms. The summed E-state index contributed by atoms with van der Waals surface area (Å²) in [6, 6.07) is 11.3.